The van der Waals surface area contributed by atoms with Crippen LogP contribution in [0.5, 0.6) is 0 Å². The molecule has 5 heteroatoms. The van der Waals surface area contributed by atoms with Crippen LogP contribution >= 0.6 is 0 Å². The van der Waals surface area contributed by atoms with Crippen LogP contribution in [0.3, 0.4) is 0 Å². The maximum Gasteiger partial charge on any atom is 0.231 e. The summed E-state index contributed by atoms with van der Waals surface area (Å²) in [4.78, 5) is 6.37. The normalized spacial score (nSPS) is 15.6. The van der Waals surface area contributed by atoms with Crippen molar-refractivity contribution in [2.75, 3.05) is 21.1 Å². The average Bonchev–Trinajstić information content (AvgIpc) is 2.63. The molecule has 1 rings (SSSR count). The van der Waals surface area contributed by atoms with Gasteiger partial charge in [-0.2, -0.15) is 4.98 Å². The van der Waals surface area contributed by atoms with Crippen LogP contribution in [0.4, 0.5) is 0 Å². The Morgan fingerprint density at radius 2 is 2.07 bits per heavy atom. The average molecular weight is 212 g/mol. The minimum Gasteiger partial charge on any atom is -0.339 e. The molecular weight excluding hydrogens is 192 g/mol. The van der Waals surface area contributed by atoms with Crippen LogP contribution in [0.15, 0.2) is 4.52 Å². The molecule has 2 atom stereocenters. The largest absolute Gasteiger partial charge is 0.339 e. The summed E-state index contributed by atoms with van der Waals surface area (Å²) >= 11 is 0. The molecule has 0 aliphatic carbocycles. The molecule has 1 aromatic heterocycles. The fraction of sp³-hybridized carbons (Fsp3) is 0.800. The standard InChI is InChI=1S/C10H20N4O/c1-7(8(2)11-3)10-12-9(13-15-10)6-14(4)5/h7-8,11H,6H2,1-5H3. The van der Waals surface area contributed by atoms with Gasteiger partial charge in [-0.1, -0.05) is 12.1 Å². The Morgan fingerprint density at radius 1 is 1.40 bits per heavy atom. The monoisotopic (exact) mass is 212 g/mol. The summed E-state index contributed by atoms with van der Waals surface area (Å²) in [6, 6.07) is 0.331. The second-order valence-corrected chi connectivity index (χ2v) is 4.15. The van der Waals surface area contributed by atoms with Gasteiger partial charge in [0.15, 0.2) is 5.82 Å². The lowest BCUT2D eigenvalue weighted by Crippen LogP contribution is -2.27. The van der Waals surface area contributed by atoms with Crippen LogP contribution in [0, 0.1) is 0 Å². The Morgan fingerprint density at radius 3 is 2.60 bits per heavy atom. The molecule has 2 unspecified atom stereocenters. The molecule has 0 radical (unpaired) electrons. The lowest BCUT2D eigenvalue weighted by atomic mass is 10.0. The van der Waals surface area contributed by atoms with Crippen molar-refractivity contribution in [2.24, 2.45) is 0 Å². The number of hydrogen-bond donors (Lipinski definition) is 1. The van der Waals surface area contributed by atoms with E-state index in [2.05, 4.69) is 29.3 Å². The molecule has 0 spiro atoms. The van der Waals surface area contributed by atoms with E-state index in [0.29, 0.717) is 18.5 Å². The van der Waals surface area contributed by atoms with Gasteiger partial charge in [-0.25, -0.2) is 0 Å². The van der Waals surface area contributed by atoms with Gasteiger partial charge in [0.1, 0.15) is 0 Å². The Kier molecular flexibility index (Phi) is 4.23. The molecule has 0 amide bonds. The van der Waals surface area contributed by atoms with E-state index < -0.39 is 0 Å². The van der Waals surface area contributed by atoms with Gasteiger partial charge in [-0.15, -0.1) is 0 Å². The third-order valence-electron chi connectivity index (χ3n) is 2.54. The van der Waals surface area contributed by atoms with Crippen LogP contribution in [0.25, 0.3) is 0 Å². The highest BCUT2D eigenvalue weighted by atomic mass is 16.5. The minimum atomic E-state index is 0.235. The van der Waals surface area contributed by atoms with Crippen molar-refractivity contribution in [3.05, 3.63) is 11.7 Å². The predicted octanol–water partition coefficient (Wildman–Crippen LogP) is 0.843. The Bertz CT molecular complexity index is 297. The molecule has 0 saturated carbocycles. The lowest BCUT2D eigenvalue weighted by molar-refractivity contribution is 0.324. The molecule has 0 aliphatic heterocycles. The number of nitrogens with one attached hydrogen (secondary N) is 1. The molecule has 5 nitrogen and oxygen atoms in total. The van der Waals surface area contributed by atoms with Gasteiger partial charge >= 0.3 is 0 Å². The first-order valence-corrected chi connectivity index (χ1v) is 5.19. The first kappa shape index (κ1) is 12.1. The van der Waals surface area contributed by atoms with E-state index in [1.165, 1.54) is 0 Å². The zero-order valence-electron chi connectivity index (χ0n) is 10.1. The number of nitrogens with zero attached hydrogens (tertiary/aromatic N) is 3. The summed E-state index contributed by atoms with van der Waals surface area (Å²) in [6.07, 6.45) is 0. The maximum absolute atomic E-state index is 5.22. The molecule has 0 aliphatic rings. The smallest absolute Gasteiger partial charge is 0.231 e. The highest BCUT2D eigenvalue weighted by Gasteiger charge is 2.19. The first-order chi connectivity index (χ1) is 7.04. The van der Waals surface area contributed by atoms with Crippen LogP contribution in [-0.2, 0) is 6.54 Å². The van der Waals surface area contributed by atoms with Crippen LogP contribution in [0.2, 0.25) is 0 Å². The van der Waals surface area contributed by atoms with Gasteiger partial charge < -0.3 is 14.7 Å². The summed E-state index contributed by atoms with van der Waals surface area (Å²) in [6.45, 7) is 4.89. The van der Waals surface area contributed by atoms with Crippen molar-refractivity contribution >= 4 is 0 Å². The molecule has 1 heterocycles. The minimum absolute atomic E-state index is 0.235. The van der Waals surface area contributed by atoms with Crippen molar-refractivity contribution < 1.29 is 4.52 Å². The molecule has 86 valence electrons. The lowest BCUT2D eigenvalue weighted by Gasteiger charge is -2.14. The fourth-order valence-electron chi connectivity index (χ4n) is 1.26. The van der Waals surface area contributed by atoms with E-state index in [1.807, 2.05) is 26.0 Å². The second kappa shape index (κ2) is 5.23. The molecule has 0 fully saturated rings. The van der Waals surface area contributed by atoms with Crippen LogP contribution < -0.4 is 5.32 Å². The molecule has 15 heavy (non-hydrogen) atoms. The van der Waals surface area contributed by atoms with Gasteiger partial charge in [0.25, 0.3) is 0 Å². The molecule has 1 aromatic rings. The van der Waals surface area contributed by atoms with Gasteiger partial charge in [-0.3, -0.25) is 0 Å². The Hall–Kier alpha value is -0.940. The molecular formula is C10H20N4O. The van der Waals surface area contributed by atoms with Crippen molar-refractivity contribution in [2.45, 2.75) is 32.4 Å². The highest BCUT2D eigenvalue weighted by molar-refractivity contribution is 4.96. The summed E-state index contributed by atoms with van der Waals surface area (Å²) in [5, 5.41) is 7.11. The topological polar surface area (TPSA) is 54.2 Å². The Labute approximate surface area is 90.8 Å². The van der Waals surface area contributed by atoms with E-state index in [1.54, 1.807) is 0 Å². The van der Waals surface area contributed by atoms with Crippen LogP contribution in [0.1, 0.15) is 31.5 Å². The highest BCUT2D eigenvalue weighted by Crippen LogP contribution is 2.16. The van der Waals surface area contributed by atoms with Crippen molar-refractivity contribution in [3.8, 4) is 0 Å². The van der Waals surface area contributed by atoms with E-state index in [-0.39, 0.29) is 5.92 Å². The summed E-state index contributed by atoms with van der Waals surface area (Å²) < 4.78 is 5.22. The predicted molar refractivity (Wildman–Crippen MR) is 58.6 cm³/mol. The summed E-state index contributed by atoms with van der Waals surface area (Å²) in [5.74, 6) is 1.68. The van der Waals surface area contributed by atoms with E-state index in [4.69, 9.17) is 4.52 Å². The second-order valence-electron chi connectivity index (χ2n) is 4.15. The summed E-state index contributed by atoms with van der Waals surface area (Å²) in [5.41, 5.74) is 0. The third kappa shape index (κ3) is 3.28. The Balaban J connectivity index is 2.66. The molecule has 0 saturated heterocycles. The van der Waals surface area contributed by atoms with Crippen LogP contribution in [-0.4, -0.2) is 42.2 Å². The number of likely N-dealkylation sites (N-methyl/N-ethyl adjacent to an activating group) is 1. The van der Waals surface area contributed by atoms with Gasteiger partial charge in [0, 0.05) is 6.04 Å². The van der Waals surface area contributed by atoms with E-state index >= 15 is 0 Å². The van der Waals surface area contributed by atoms with Crippen molar-refractivity contribution in [1.82, 2.24) is 20.4 Å². The fourth-order valence-corrected chi connectivity index (χ4v) is 1.26. The molecule has 0 aromatic carbocycles. The van der Waals surface area contributed by atoms with Gasteiger partial charge in [0.05, 0.1) is 12.5 Å². The molecule has 0 bridgehead atoms. The van der Waals surface area contributed by atoms with E-state index in [0.717, 1.165) is 5.82 Å². The van der Waals surface area contributed by atoms with Crippen molar-refractivity contribution in [3.63, 3.8) is 0 Å². The third-order valence-corrected chi connectivity index (χ3v) is 2.54. The summed E-state index contributed by atoms with van der Waals surface area (Å²) in [7, 11) is 5.89. The van der Waals surface area contributed by atoms with E-state index in [9.17, 15) is 0 Å². The number of aromatic nitrogens is 2. The SMILES string of the molecule is CNC(C)C(C)c1nc(CN(C)C)no1. The zero-order chi connectivity index (χ0) is 11.4. The van der Waals surface area contributed by atoms with Gasteiger partial charge in [-0.05, 0) is 28.1 Å². The zero-order valence-corrected chi connectivity index (χ0v) is 10.1. The van der Waals surface area contributed by atoms with Crippen molar-refractivity contribution in [1.29, 1.82) is 0 Å². The maximum atomic E-state index is 5.22. The quantitative estimate of drug-likeness (QED) is 0.784. The number of rotatable bonds is 5. The van der Waals surface area contributed by atoms with Gasteiger partial charge in [0.2, 0.25) is 5.89 Å². The number of hydrogen-bond acceptors (Lipinski definition) is 5. The molecule has 1 N–H and O–H groups in total. The first-order valence-electron chi connectivity index (χ1n) is 5.19.